The van der Waals surface area contributed by atoms with Crippen LogP contribution < -0.4 is 5.32 Å². The number of carbonyl (C=O) groups is 2. The van der Waals surface area contributed by atoms with Crippen molar-refractivity contribution in [1.82, 2.24) is 25.3 Å². The van der Waals surface area contributed by atoms with E-state index in [1.54, 1.807) is 23.1 Å². The Morgan fingerprint density at radius 2 is 1.97 bits per heavy atom. The van der Waals surface area contributed by atoms with Crippen LogP contribution in [-0.4, -0.2) is 64.1 Å². The van der Waals surface area contributed by atoms with Crippen LogP contribution in [0.25, 0.3) is 10.9 Å². The van der Waals surface area contributed by atoms with E-state index in [2.05, 4.69) is 22.4 Å². The summed E-state index contributed by atoms with van der Waals surface area (Å²) in [5.41, 5.74) is 4.47. The highest BCUT2D eigenvalue weighted by Gasteiger charge is 2.27. The van der Waals surface area contributed by atoms with Gasteiger partial charge in [0.15, 0.2) is 0 Å². The summed E-state index contributed by atoms with van der Waals surface area (Å²) < 4.78 is 0. The maximum absolute atomic E-state index is 13.3. The molecule has 3 N–H and O–H groups in total. The number of aromatic nitrogens is 2. The van der Waals surface area contributed by atoms with Gasteiger partial charge in [-0.3, -0.25) is 14.7 Å². The highest BCUT2D eigenvalue weighted by Crippen LogP contribution is 2.31. The molecule has 0 atom stereocenters. The number of fused-ring (bicyclic) bond motifs is 2. The summed E-state index contributed by atoms with van der Waals surface area (Å²) in [6.07, 6.45) is 2.93. The fourth-order valence-electron chi connectivity index (χ4n) is 4.16. The zero-order chi connectivity index (χ0) is 23.5. The van der Waals surface area contributed by atoms with Gasteiger partial charge in [-0.25, -0.2) is 0 Å². The second kappa shape index (κ2) is 9.62. The number of phenolic OH excluding ortho intramolecular Hbond substituents is 1. The number of unbranched alkanes of at least 4 members (excludes halogenated alkanes) is 1. The molecule has 2 amide bonds. The third-order valence-electron chi connectivity index (χ3n) is 6.08. The van der Waals surface area contributed by atoms with E-state index in [-0.39, 0.29) is 23.1 Å². The van der Waals surface area contributed by atoms with Crippen LogP contribution in [0.5, 0.6) is 5.75 Å². The van der Waals surface area contributed by atoms with E-state index in [1.807, 2.05) is 31.1 Å². The van der Waals surface area contributed by atoms with Gasteiger partial charge >= 0.3 is 0 Å². The Bertz CT molecular complexity index is 1180. The van der Waals surface area contributed by atoms with Crippen LogP contribution in [0.15, 0.2) is 30.3 Å². The Morgan fingerprint density at radius 1 is 1.18 bits per heavy atom. The highest BCUT2D eigenvalue weighted by atomic mass is 16.3. The predicted octanol–water partition coefficient (Wildman–Crippen LogP) is 3.06. The number of nitrogens with zero attached hydrogens (tertiary/aromatic N) is 3. The number of benzene rings is 2. The molecule has 0 unspecified atom stereocenters. The molecule has 174 valence electrons. The predicted molar refractivity (Wildman–Crippen MR) is 127 cm³/mol. The molecule has 8 nitrogen and oxygen atoms in total. The molecule has 2 aromatic carbocycles. The number of rotatable bonds is 8. The Balaban J connectivity index is 1.50. The summed E-state index contributed by atoms with van der Waals surface area (Å²) in [7, 11) is 3.92. The number of amides is 2. The summed E-state index contributed by atoms with van der Waals surface area (Å²) in [5, 5.41) is 21.6. The normalized spacial score (nSPS) is 13.0. The van der Waals surface area contributed by atoms with Gasteiger partial charge in [0.25, 0.3) is 11.8 Å². The van der Waals surface area contributed by atoms with Crippen molar-refractivity contribution in [3.8, 4) is 5.75 Å². The van der Waals surface area contributed by atoms with E-state index in [0.29, 0.717) is 30.7 Å². The lowest BCUT2D eigenvalue weighted by Gasteiger charge is -2.16. The minimum Gasteiger partial charge on any atom is -0.507 e. The molecule has 0 spiro atoms. The standard InChI is InChI=1S/C25H31N5O3/c1-4-5-6-21-19-12-20(23(31)13-22(19)28-27-21)25(33)30-14-17-8-7-16(11-18(17)15-30)24(32)26-9-10-29(2)3/h7-8,11-13,31H,4-6,9-10,14-15H2,1-3H3,(H,26,32)(H,27,28). The quantitative estimate of drug-likeness (QED) is 0.491. The molecule has 4 rings (SSSR count). The number of likely N-dealkylation sites (N-methyl/N-ethyl adjacent to an activating group) is 1. The molecule has 0 radical (unpaired) electrons. The average molecular weight is 450 g/mol. The number of phenols is 1. The molecule has 0 fully saturated rings. The molecule has 1 aromatic heterocycles. The van der Waals surface area contributed by atoms with Gasteiger partial charge in [-0.2, -0.15) is 5.10 Å². The lowest BCUT2D eigenvalue weighted by Crippen LogP contribution is -2.31. The first kappa shape index (κ1) is 22.8. The van der Waals surface area contributed by atoms with E-state index >= 15 is 0 Å². The highest BCUT2D eigenvalue weighted by molar-refractivity contribution is 6.01. The monoisotopic (exact) mass is 449 g/mol. The van der Waals surface area contributed by atoms with Gasteiger partial charge in [0.2, 0.25) is 0 Å². The molecule has 3 aromatic rings. The van der Waals surface area contributed by atoms with Crippen molar-refractivity contribution >= 4 is 22.7 Å². The summed E-state index contributed by atoms with van der Waals surface area (Å²) in [6.45, 7) is 4.32. The van der Waals surface area contributed by atoms with Crippen LogP contribution in [0.1, 0.15) is 57.3 Å². The van der Waals surface area contributed by atoms with Gasteiger partial charge in [0.05, 0.1) is 11.1 Å². The van der Waals surface area contributed by atoms with E-state index in [4.69, 9.17) is 0 Å². The number of carbonyl (C=O) groups excluding carboxylic acids is 2. The Labute approximate surface area is 193 Å². The lowest BCUT2D eigenvalue weighted by molar-refractivity contribution is 0.0748. The molecule has 0 saturated heterocycles. The Hall–Kier alpha value is -3.39. The number of hydrogen-bond acceptors (Lipinski definition) is 5. The van der Waals surface area contributed by atoms with Crippen LogP contribution >= 0.6 is 0 Å². The maximum Gasteiger partial charge on any atom is 0.258 e. The zero-order valence-corrected chi connectivity index (χ0v) is 19.4. The first-order chi connectivity index (χ1) is 15.9. The van der Waals surface area contributed by atoms with Crippen LogP contribution in [0.2, 0.25) is 0 Å². The van der Waals surface area contributed by atoms with Crippen LogP contribution in [0.4, 0.5) is 0 Å². The van der Waals surface area contributed by atoms with Gasteiger partial charge in [0, 0.05) is 48.9 Å². The Kier molecular flexibility index (Phi) is 6.65. The fraction of sp³-hybridized carbons (Fsp3) is 0.400. The minimum atomic E-state index is -0.231. The van der Waals surface area contributed by atoms with E-state index in [0.717, 1.165) is 48.0 Å². The average Bonchev–Trinajstić information content (AvgIpc) is 3.39. The van der Waals surface area contributed by atoms with Gasteiger partial charge in [0.1, 0.15) is 5.75 Å². The second-order valence-electron chi connectivity index (χ2n) is 8.90. The van der Waals surface area contributed by atoms with Crippen LogP contribution in [-0.2, 0) is 19.5 Å². The maximum atomic E-state index is 13.3. The van der Waals surface area contributed by atoms with Crippen molar-refractivity contribution in [2.24, 2.45) is 0 Å². The largest absolute Gasteiger partial charge is 0.507 e. The number of H-pyrrole nitrogens is 1. The van der Waals surface area contributed by atoms with Crippen molar-refractivity contribution < 1.29 is 14.7 Å². The minimum absolute atomic E-state index is 0.0713. The first-order valence-electron chi connectivity index (χ1n) is 11.4. The summed E-state index contributed by atoms with van der Waals surface area (Å²) >= 11 is 0. The molecule has 0 saturated carbocycles. The van der Waals surface area contributed by atoms with Crippen molar-refractivity contribution in [1.29, 1.82) is 0 Å². The lowest BCUT2D eigenvalue weighted by atomic mass is 10.1. The van der Waals surface area contributed by atoms with Crippen LogP contribution in [0, 0.1) is 0 Å². The summed E-state index contributed by atoms with van der Waals surface area (Å²) in [5.74, 6) is -0.421. The molecular weight excluding hydrogens is 418 g/mol. The molecule has 1 aliphatic rings. The number of aryl methyl sites for hydroxylation is 1. The zero-order valence-electron chi connectivity index (χ0n) is 19.4. The number of aromatic hydroxyl groups is 1. The molecule has 2 heterocycles. The molecule has 0 aliphatic carbocycles. The topological polar surface area (TPSA) is 102 Å². The van der Waals surface area contributed by atoms with Crippen LogP contribution in [0.3, 0.4) is 0 Å². The molecular formula is C25H31N5O3. The first-order valence-corrected chi connectivity index (χ1v) is 11.4. The van der Waals surface area contributed by atoms with E-state index in [1.165, 1.54) is 0 Å². The SMILES string of the molecule is CCCCc1[nH]nc2cc(O)c(C(=O)N3Cc4ccc(C(=O)NCCN(C)C)cc4C3)cc12. The molecule has 8 heteroatoms. The van der Waals surface area contributed by atoms with Gasteiger partial charge in [-0.05, 0) is 56.3 Å². The van der Waals surface area contributed by atoms with Gasteiger partial charge < -0.3 is 20.2 Å². The van der Waals surface area contributed by atoms with E-state index < -0.39 is 0 Å². The molecule has 1 aliphatic heterocycles. The van der Waals surface area contributed by atoms with Crippen molar-refractivity contribution in [2.45, 2.75) is 39.3 Å². The molecule has 0 bridgehead atoms. The third-order valence-corrected chi connectivity index (χ3v) is 6.08. The van der Waals surface area contributed by atoms with Crippen molar-refractivity contribution in [3.63, 3.8) is 0 Å². The van der Waals surface area contributed by atoms with Gasteiger partial charge in [-0.15, -0.1) is 0 Å². The fourth-order valence-corrected chi connectivity index (χ4v) is 4.16. The smallest absolute Gasteiger partial charge is 0.258 e. The van der Waals surface area contributed by atoms with Gasteiger partial charge in [-0.1, -0.05) is 19.4 Å². The number of nitrogens with one attached hydrogen (secondary N) is 2. The van der Waals surface area contributed by atoms with Crippen molar-refractivity contribution in [3.05, 3.63) is 58.3 Å². The molecule has 33 heavy (non-hydrogen) atoms. The summed E-state index contributed by atoms with van der Waals surface area (Å²) in [6, 6.07) is 8.86. The Morgan fingerprint density at radius 3 is 2.73 bits per heavy atom. The second-order valence-corrected chi connectivity index (χ2v) is 8.90. The van der Waals surface area contributed by atoms with Crippen molar-refractivity contribution in [2.75, 3.05) is 27.2 Å². The van der Waals surface area contributed by atoms with E-state index in [9.17, 15) is 14.7 Å². The summed E-state index contributed by atoms with van der Waals surface area (Å²) in [4.78, 5) is 29.5. The number of hydrogen-bond donors (Lipinski definition) is 3. The third kappa shape index (κ3) is 4.85. The number of aromatic amines is 1.